The van der Waals surface area contributed by atoms with Gasteiger partial charge in [-0.1, -0.05) is 0 Å². The molecule has 1 aliphatic carbocycles. The largest absolute Gasteiger partial charge is 0.341 e. The fourth-order valence-electron chi connectivity index (χ4n) is 1.79. The maximum Gasteiger partial charge on any atom is 0.321 e. The first-order chi connectivity index (χ1) is 7.58. The van der Waals surface area contributed by atoms with Crippen LogP contribution in [0, 0.1) is 5.92 Å². The molecule has 6 heteroatoms. The number of nitrogens with zero attached hydrogens (tertiary/aromatic N) is 1. The maximum atomic E-state index is 11.4. The average molecular weight is 228 g/mol. The highest BCUT2D eigenvalue weighted by Gasteiger charge is 2.33. The van der Waals surface area contributed by atoms with Crippen LogP contribution in [0.1, 0.15) is 12.8 Å². The van der Waals surface area contributed by atoms with E-state index in [2.05, 4.69) is 10.6 Å². The third kappa shape index (κ3) is 3.79. The Morgan fingerprint density at radius 1 is 1.50 bits per heavy atom. The number of hydrogen-bond acceptors (Lipinski definition) is 4. The van der Waals surface area contributed by atoms with E-state index in [1.54, 1.807) is 0 Å². The van der Waals surface area contributed by atoms with E-state index in [1.165, 1.54) is 19.9 Å². The van der Waals surface area contributed by atoms with E-state index in [0.717, 1.165) is 0 Å². The number of nitrogens with two attached hydrogens (primary N) is 1. The fourth-order valence-corrected chi connectivity index (χ4v) is 1.79. The summed E-state index contributed by atoms with van der Waals surface area (Å²) < 4.78 is 0. The van der Waals surface area contributed by atoms with Gasteiger partial charge in [0, 0.05) is 19.6 Å². The first kappa shape index (κ1) is 12.9. The number of urea groups is 1. The number of nitrogens with one attached hydrogen (secondary N) is 2. The third-order valence-corrected chi connectivity index (χ3v) is 2.85. The minimum Gasteiger partial charge on any atom is -0.341 e. The van der Waals surface area contributed by atoms with Crippen molar-refractivity contribution in [1.82, 2.24) is 15.5 Å². The number of hydrogen-bond donors (Lipinski definition) is 3. The highest BCUT2D eigenvalue weighted by atomic mass is 16.2. The van der Waals surface area contributed by atoms with Gasteiger partial charge in [0.25, 0.3) is 0 Å². The minimum atomic E-state index is -0.478. The second kappa shape index (κ2) is 5.81. The molecule has 92 valence electrons. The van der Waals surface area contributed by atoms with Gasteiger partial charge in [0.15, 0.2) is 0 Å². The Morgan fingerprint density at radius 3 is 2.56 bits per heavy atom. The lowest BCUT2D eigenvalue weighted by Crippen LogP contribution is -2.47. The summed E-state index contributed by atoms with van der Waals surface area (Å²) in [6.45, 7) is 0.750. The fraction of sp³-hybridized carbons (Fsp3) is 0.800. The van der Waals surface area contributed by atoms with Crippen LogP contribution in [0.3, 0.4) is 0 Å². The van der Waals surface area contributed by atoms with Gasteiger partial charge in [-0.3, -0.25) is 15.0 Å². The summed E-state index contributed by atoms with van der Waals surface area (Å²) in [6.07, 6.45) is 2.37. The number of imide groups is 1. The first-order valence-corrected chi connectivity index (χ1v) is 5.50. The molecule has 0 saturated heterocycles. The molecule has 3 amide bonds. The van der Waals surface area contributed by atoms with E-state index in [4.69, 9.17) is 5.73 Å². The molecule has 1 atom stereocenters. The van der Waals surface area contributed by atoms with Crippen molar-refractivity contribution in [3.05, 3.63) is 0 Å². The van der Waals surface area contributed by atoms with Crippen LogP contribution in [0.15, 0.2) is 0 Å². The van der Waals surface area contributed by atoms with Crippen LogP contribution in [-0.2, 0) is 4.79 Å². The Morgan fingerprint density at radius 2 is 2.12 bits per heavy atom. The van der Waals surface area contributed by atoms with E-state index >= 15 is 0 Å². The third-order valence-electron chi connectivity index (χ3n) is 2.85. The lowest BCUT2D eigenvalue weighted by molar-refractivity contribution is -0.121. The Balaban J connectivity index is 2.34. The summed E-state index contributed by atoms with van der Waals surface area (Å²) in [5.74, 6) is 0.309. The van der Waals surface area contributed by atoms with E-state index in [1.807, 2.05) is 11.9 Å². The standard InChI is InChI=1S/C10H20N4O2/c1-12-10(16)13-9(15)6-14(2)8(5-11)7-3-4-7/h7-8H,3-6,11H2,1-2H3,(H2,12,13,15,16). The van der Waals surface area contributed by atoms with Crippen molar-refractivity contribution in [3.8, 4) is 0 Å². The normalized spacial score (nSPS) is 17.0. The zero-order chi connectivity index (χ0) is 12.1. The number of likely N-dealkylation sites (N-methyl/N-ethyl adjacent to an activating group) is 1. The summed E-state index contributed by atoms with van der Waals surface area (Å²) >= 11 is 0. The molecule has 0 aromatic carbocycles. The molecule has 1 aliphatic rings. The Kier molecular flexibility index (Phi) is 4.70. The van der Waals surface area contributed by atoms with Crippen LogP contribution in [0.5, 0.6) is 0 Å². The Bertz CT molecular complexity index is 266. The molecular formula is C10H20N4O2. The molecular weight excluding hydrogens is 208 g/mol. The van der Waals surface area contributed by atoms with Crippen LogP contribution in [-0.4, -0.2) is 50.1 Å². The summed E-state index contributed by atoms with van der Waals surface area (Å²) in [6, 6.07) is -0.232. The minimum absolute atomic E-state index is 0.200. The van der Waals surface area contributed by atoms with E-state index in [-0.39, 0.29) is 18.5 Å². The first-order valence-electron chi connectivity index (χ1n) is 5.50. The van der Waals surface area contributed by atoms with Crippen LogP contribution < -0.4 is 16.4 Å². The molecule has 0 radical (unpaired) electrons. The summed E-state index contributed by atoms with van der Waals surface area (Å²) in [5.41, 5.74) is 5.67. The topological polar surface area (TPSA) is 87.5 Å². The van der Waals surface area contributed by atoms with Gasteiger partial charge >= 0.3 is 6.03 Å². The molecule has 16 heavy (non-hydrogen) atoms. The van der Waals surface area contributed by atoms with Crippen molar-refractivity contribution < 1.29 is 9.59 Å². The maximum absolute atomic E-state index is 11.4. The van der Waals surface area contributed by atoms with Gasteiger partial charge in [-0.2, -0.15) is 0 Å². The molecule has 0 spiro atoms. The Hall–Kier alpha value is -1.14. The second-order valence-corrected chi connectivity index (χ2v) is 4.18. The van der Waals surface area contributed by atoms with Crippen molar-refractivity contribution in [2.45, 2.75) is 18.9 Å². The molecule has 1 rings (SSSR count). The van der Waals surface area contributed by atoms with Gasteiger partial charge in [-0.05, 0) is 25.8 Å². The van der Waals surface area contributed by atoms with Crippen molar-refractivity contribution in [2.24, 2.45) is 11.7 Å². The molecule has 0 heterocycles. The van der Waals surface area contributed by atoms with Crippen molar-refractivity contribution >= 4 is 11.9 Å². The molecule has 0 aromatic rings. The van der Waals surface area contributed by atoms with Gasteiger partial charge in [0.1, 0.15) is 0 Å². The molecule has 6 nitrogen and oxygen atoms in total. The van der Waals surface area contributed by atoms with Gasteiger partial charge in [-0.25, -0.2) is 4.79 Å². The second-order valence-electron chi connectivity index (χ2n) is 4.18. The van der Waals surface area contributed by atoms with Crippen LogP contribution in [0.25, 0.3) is 0 Å². The number of rotatable bonds is 5. The van der Waals surface area contributed by atoms with E-state index < -0.39 is 6.03 Å². The van der Waals surface area contributed by atoms with E-state index in [9.17, 15) is 9.59 Å². The molecule has 0 bridgehead atoms. The smallest absolute Gasteiger partial charge is 0.321 e. The summed E-state index contributed by atoms with van der Waals surface area (Å²) in [4.78, 5) is 24.2. The zero-order valence-electron chi connectivity index (χ0n) is 9.82. The molecule has 1 unspecified atom stereocenters. The monoisotopic (exact) mass is 228 g/mol. The van der Waals surface area contributed by atoms with Gasteiger partial charge in [-0.15, -0.1) is 0 Å². The molecule has 0 aromatic heterocycles. The number of carbonyl (C=O) groups is 2. The van der Waals surface area contributed by atoms with Crippen LogP contribution in [0.2, 0.25) is 0 Å². The lowest BCUT2D eigenvalue weighted by atomic mass is 10.1. The van der Waals surface area contributed by atoms with E-state index in [0.29, 0.717) is 12.5 Å². The number of amides is 3. The highest BCUT2D eigenvalue weighted by Crippen LogP contribution is 2.34. The van der Waals surface area contributed by atoms with Gasteiger partial charge in [0.05, 0.1) is 6.54 Å². The Labute approximate surface area is 95.5 Å². The van der Waals surface area contributed by atoms with Crippen molar-refractivity contribution in [2.75, 3.05) is 27.2 Å². The summed E-state index contributed by atoms with van der Waals surface area (Å²) in [5, 5.41) is 4.56. The predicted octanol–water partition coefficient (Wildman–Crippen LogP) is -0.889. The molecule has 1 fully saturated rings. The van der Waals surface area contributed by atoms with Crippen molar-refractivity contribution in [3.63, 3.8) is 0 Å². The van der Waals surface area contributed by atoms with Crippen molar-refractivity contribution in [1.29, 1.82) is 0 Å². The van der Waals surface area contributed by atoms with Crippen LogP contribution in [0.4, 0.5) is 4.79 Å². The average Bonchev–Trinajstić information content (AvgIpc) is 3.02. The lowest BCUT2D eigenvalue weighted by Gasteiger charge is -2.25. The quantitative estimate of drug-likeness (QED) is 0.570. The SMILES string of the molecule is CNC(=O)NC(=O)CN(C)C(CN)C1CC1. The number of carbonyl (C=O) groups excluding carboxylic acids is 2. The highest BCUT2D eigenvalue weighted by molar-refractivity contribution is 5.95. The molecule has 1 saturated carbocycles. The van der Waals surface area contributed by atoms with Gasteiger partial charge < -0.3 is 11.1 Å². The van der Waals surface area contributed by atoms with Crippen LogP contribution >= 0.6 is 0 Å². The summed E-state index contributed by atoms with van der Waals surface area (Å²) in [7, 11) is 3.33. The predicted molar refractivity (Wildman–Crippen MR) is 60.8 cm³/mol. The van der Waals surface area contributed by atoms with Gasteiger partial charge in [0.2, 0.25) is 5.91 Å². The zero-order valence-corrected chi connectivity index (χ0v) is 9.82. The molecule has 0 aliphatic heterocycles. The molecule has 4 N–H and O–H groups in total.